The van der Waals surface area contributed by atoms with Gasteiger partial charge in [0, 0.05) is 30.0 Å². The fourth-order valence-corrected chi connectivity index (χ4v) is 2.16. The number of nitrogens with zero attached hydrogens (tertiary/aromatic N) is 1. The molecule has 0 saturated carbocycles. The molecule has 0 atom stereocenters. The Hall–Kier alpha value is -2.60. The summed E-state index contributed by atoms with van der Waals surface area (Å²) in [5.41, 5.74) is 0.488. The van der Waals surface area contributed by atoms with E-state index in [-0.39, 0.29) is 0 Å². The highest BCUT2D eigenvalue weighted by Crippen LogP contribution is 2.14. The van der Waals surface area contributed by atoms with Crippen molar-refractivity contribution in [2.24, 2.45) is 0 Å². The predicted octanol–water partition coefficient (Wildman–Crippen LogP) is 2.68. The lowest BCUT2D eigenvalue weighted by atomic mass is 10.3. The number of amides is 2. The summed E-state index contributed by atoms with van der Waals surface area (Å²) in [7, 11) is 0. The van der Waals surface area contributed by atoms with E-state index in [0.717, 1.165) is 25.2 Å². The number of carbonyl (C=O) groups excluding carboxylic acids is 2. The van der Waals surface area contributed by atoms with Crippen LogP contribution in [0.4, 0.5) is 11.5 Å². The Morgan fingerprint density at radius 2 is 1.83 bits per heavy atom. The molecular weight excluding hydrogens is 328 g/mol. The molecule has 6 nitrogen and oxygen atoms in total. The zero-order chi connectivity index (χ0) is 17.2. The van der Waals surface area contributed by atoms with Crippen molar-refractivity contribution in [3.05, 3.63) is 53.7 Å². The number of halogens is 1. The highest BCUT2D eigenvalue weighted by molar-refractivity contribution is 6.39. The second kappa shape index (κ2) is 9.52. The number of hydrogen-bond donors (Lipinski definition) is 3. The maximum absolute atomic E-state index is 11.7. The summed E-state index contributed by atoms with van der Waals surface area (Å²) in [6.45, 7) is 1.19. The van der Waals surface area contributed by atoms with Crippen LogP contribution in [0.5, 0.6) is 0 Å². The third-order valence-electron chi connectivity index (χ3n) is 3.15. The smallest absolute Gasteiger partial charge is 0.313 e. The van der Waals surface area contributed by atoms with Crippen molar-refractivity contribution in [3.63, 3.8) is 0 Å². The molecule has 0 saturated heterocycles. The van der Waals surface area contributed by atoms with Crippen molar-refractivity contribution in [2.75, 3.05) is 23.7 Å². The molecule has 3 N–H and O–H groups in total. The number of pyridine rings is 1. The van der Waals surface area contributed by atoms with E-state index in [1.807, 2.05) is 18.2 Å². The predicted molar refractivity (Wildman–Crippen MR) is 95.1 cm³/mol. The highest BCUT2D eigenvalue weighted by atomic mass is 35.5. The van der Waals surface area contributed by atoms with Crippen LogP contribution in [0.3, 0.4) is 0 Å². The van der Waals surface area contributed by atoms with Gasteiger partial charge in [0.05, 0.1) is 0 Å². The van der Waals surface area contributed by atoms with Gasteiger partial charge in [-0.25, -0.2) is 4.98 Å². The Morgan fingerprint density at radius 1 is 1.00 bits per heavy atom. The maximum atomic E-state index is 11.7. The first kappa shape index (κ1) is 17.7. The van der Waals surface area contributed by atoms with Crippen LogP contribution in [0, 0.1) is 0 Å². The standard InChI is InChI=1S/C17H19ClN4O2/c18-13-6-5-7-14(12-13)22-17(24)16(23)21-11-4-3-10-20-15-8-1-2-9-19-15/h1-2,5-9,12H,3-4,10-11H2,(H,19,20)(H,21,23)(H,22,24). The maximum Gasteiger partial charge on any atom is 0.313 e. The van der Waals surface area contributed by atoms with Gasteiger partial charge in [-0.1, -0.05) is 23.7 Å². The van der Waals surface area contributed by atoms with Crippen LogP contribution >= 0.6 is 11.6 Å². The Morgan fingerprint density at radius 3 is 2.58 bits per heavy atom. The number of carbonyl (C=O) groups is 2. The first-order valence-corrected chi connectivity index (χ1v) is 8.02. The molecule has 0 aliphatic carbocycles. The average molecular weight is 347 g/mol. The van der Waals surface area contributed by atoms with Gasteiger partial charge in [0.1, 0.15) is 5.82 Å². The topological polar surface area (TPSA) is 83.1 Å². The minimum absolute atomic E-state index is 0.436. The molecule has 1 aromatic carbocycles. The van der Waals surface area contributed by atoms with Crippen LogP contribution in [-0.2, 0) is 9.59 Å². The molecular formula is C17H19ClN4O2. The third kappa shape index (κ3) is 6.26. The van der Waals surface area contributed by atoms with E-state index in [0.29, 0.717) is 17.3 Å². The largest absolute Gasteiger partial charge is 0.370 e. The fraction of sp³-hybridized carbons (Fsp3) is 0.235. The summed E-state index contributed by atoms with van der Waals surface area (Å²) < 4.78 is 0. The van der Waals surface area contributed by atoms with Gasteiger partial charge >= 0.3 is 11.8 Å². The zero-order valence-corrected chi connectivity index (χ0v) is 13.8. The van der Waals surface area contributed by atoms with Crippen molar-refractivity contribution >= 4 is 34.9 Å². The van der Waals surface area contributed by atoms with E-state index < -0.39 is 11.8 Å². The number of anilines is 2. The van der Waals surface area contributed by atoms with Crippen LogP contribution in [0.15, 0.2) is 48.7 Å². The summed E-state index contributed by atoms with van der Waals surface area (Å²) in [5.74, 6) is -0.543. The molecule has 0 bridgehead atoms. The SMILES string of the molecule is O=C(NCCCCNc1ccccn1)C(=O)Nc1cccc(Cl)c1. The molecule has 0 fully saturated rings. The lowest BCUT2D eigenvalue weighted by Gasteiger charge is -2.07. The number of hydrogen-bond acceptors (Lipinski definition) is 4. The van der Waals surface area contributed by atoms with Crippen molar-refractivity contribution in [1.29, 1.82) is 0 Å². The van der Waals surface area contributed by atoms with Crippen LogP contribution in [0.2, 0.25) is 5.02 Å². The number of unbranched alkanes of at least 4 members (excludes halogenated alkanes) is 1. The van der Waals surface area contributed by atoms with Gasteiger partial charge in [0.25, 0.3) is 0 Å². The summed E-state index contributed by atoms with van der Waals surface area (Å²) in [4.78, 5) is 27.6. The Bertz CT molecular complexity index is 679. The summed E-state index contributed by atoms with van der Waals surface area (Å²) in [5, 5.41) is 8.76. The quantitative estimate of drug-likeness (QED) is 0.531. The molecule has 0 radical (unpaired) electrons. The van der Waals surface area contributed by atoms with E-state index in [1.54, 1.807) is 30.5 Å². The van der Waals surface area contributed by atoms with Crippen molar-refractivity contribution in [2.45, 2.75) is 12.8 Å². The second-order valence-corrected chi connectivity index (χ2v) is 5.51. The Balaban J connectivity index is 1.60. The molecule has 1 heterocycles. The van der Waals surface area contributed by atoms with Gasteiger partial charge < -0.3 is 16.0 Å². The van der Waals surface area contributed by atoms with Crippen LogP contribution in [0.25, 0.3) is 0 Å². The van der Waals surface area contributed by atoms with E-state index in [2.05, 4.69) is 20.9 Å². The molecule has 0 spiro atoms. The van der Waals surface area contributed by atoms with Crippen molar-refractivity contribution < 1.29 is 9.59 Å². The summed E-state index contributed by atoms with van der Waals surface area (Å²) in [6, 6.07) is 12.3. The molecule has 24 heavy (non-hydrogen) atoms. The minimum atomic E-state index is -0.705. The average Bonchev–Trinajstić information content (AvgIpc) is 2.58. The van der Waals surface area contributed by atoms with Gasteiger partial charge in [0.15, 0.2) is 0 Å². The number of benzene rings is 1. The summed E-state index contributed by atoms with van der Waals surface area (Å²) in [6.07, 6.45) is 3.34. The van der Waals surface area contributed by atoms with Crippen molar-refractivity contribution in [1.82, 2.24) is 10.3 Å². The van der Waals surface area contributed by atoms with E-state index >= 15 is 0 Å². The molecule has 7 heteroatoms. The second-order valence-electron chi connectivity index (χ2n) is 5.07. The van der Waals surface area contributed by atoms with E-state index in [9.17, 15) is 9.59 Å². The molecule has 1 aromatic heterocycles. The molecule has 2 rings (SSSR count). The molecule has 126 valence electrons. The lowest BCUT2D eigenvalue weighted by molar-refractivity contribution is -0.136. The van der Waals surface area contributed by atoms with Crippen LogP contribution < -0.4 is 16.0 Å². The first-order chi connectivity index (χ1) is 11.6. The molecule has 0 aliphatic heterocycles. The normalized spacial score (nSPS) is 10.0. The molecule has 2 aromatic rings. The minimum Gasteiger partial charge on any atom is -0.370 e. The van der Waals surface area contributed by atoms with Gasteiger partial charge in [0.2, 0.25) is 0 Å². The lowest BCUT2D eigenvalue weighted by Crippen LogP contribution is -2.36. The molecule has 2 amide bonds. The number of aromatic nitrogens is 1. The Kier molecular flexibility index (Phi) is 7.04. The third-order valence-corrected chi connectivity index (χ3v) is 3.38. The Labute approximate surface area is 145 Å². The van der Waals surface area contributed by atoms with E-state index in [4.69, 9.17) is 11.6 Å². The molecule has 0 aliphatic rings. The fourth-order valence-electron chi connectivity index (χ4n) is 1.97. The van der Waals surface area contributed by atoms with Gasteiger partial charge in [-0.2, -0.15) is 0 Å². The molecule has 0 unspecified atom stereocenters. The highest BCUT2D eigenvalue weighted by Gasteiger charge is 2.12. The van der Waals surface area contributed by atoms with Gasteiger partial charge in [-0.05, 0) is 43.2 Å². The van der Waals surface area contributed by atoms with Gasteiger partial charge in [-0.3, -0.25) is 9.59 Å². The van der Waals surface area contributed by atoms with Crippen LogP contribution in [0.1, 0.15) is 12.8 Å². The van der Waals surface area contributed by atoms with Crippen molar-refractivity contribution in [3.8, 4) is 0 Å². The van der Waals surface area contributed by atoms with Crippen LogP contribution in [-0.4, -0.2) is 29.9 Å². The summed E-state index contributed by atoms with van der Waals surface area (Å²) >= 11 is 5.82. The first-order valence-electron chi connectivity index (χ1n) is 7.65. The zero-order valence-electron chi connectivity index (χ0n) is 13.1. The van der Waals surface area contributed by atoms with E-state index in [1.165, 1.54) is 0 Å². The van der Waals surface area contributed by atoms with Gasteiger partial charge in [-0.15, -0.1) is 0 Å². The monoisotopic (exact) mass is 346 g/mol. The number of nitrogens with one attached hydrogen (secondary N) is 3. The number of rotatable bonds is 7.